The van der Waals surface area contributed by atoms with Gasteiger partial charge in [0.05, 0.1) is 28.5 Å². The predicted octanol–water partition coefficient (Wildman–Crippen LogP) is 3.64. The lowest BCUT2D eigenvalue weighted by Gasteiger charge is -2.25. The van der Waals surface area contributed by atoms with Crippen LogP contribution in [0.15, 0.2) is 100 Å². The van der Waals surface area contributed by atoms with Crippen LogP contribution in [0.2, 0.25) is 0 Å². The number of ether oxygens (including phenoxy) is 1. The van der Waals surface area contributed by atoms with Crippen molar-refractivity contribution >= 4 is 29.1 Å². The number of hydrogen-bond acceptors (Lipinski definition) is 6. The van der Waals surface area contributed by atoms with Gasteiger partial charge in [-0.3, -0.25) is 9.36 Å². The highest BCUT2D eigenvalue weighted by Crippen LogP contribution is 2.35. The van der Waals surface area contributed by atoms with E-state index in [4.69, 9.17) is 9.73 Å². The number of hydrogen-bond donors (Lipinski definition) is 1. The number of aromatic nitrogens is 1. The van der Waals surface area contributed by atoms with Crippen molar-refractivity contribution in [3.63, 3.8) is 0 Å². The summed E-state index contributed by atoms with van der Waals surface area (Å²) in [6, 6.07) is 24.9. The predicted molar refractivity (Wildman–Crippen MR) is 136 cm³/mol. The number of phenolic OH excluding ortho intramolecular Hbond substituents is 1. The maximum atomic E-state index is 13.7. The van der Waals surface area contributed by atoms with E-state index in [1.807, 2.05) is 66.7 Å². The number of thiazole rings is 1. The van der Waals surface area contributed by atoms with Crippen molar-refractivity contribution in [2.45, 2.75) is 13.0 Å². The van der Waals surface area contributed by atoms with Crippen LogP contribution >= 0.6 is 11.3 Å². The molecule has 4 aromatic rings. The Hall–Kier alpha value is -4.23. The lowest BCUT2D eigenvalue weighted by molar-refractivity contribution is -0.138. The minimum atomic E-state index is -0.701. The molecule has 6 nitrogen and oxygen atoms in total. The number of nitrogens with zero attached hydrogens (tertiary/aromatic N) is 2. The van der Waals surface area contributed by atoms with E-state index in [-0.39, 0.29) is 17.9 Å². The van der Waals surface area contributed by atoms with Crippen LogP contribution in [0.3, 0.4) is 0 Å². The molecule has 1 aliphatic heterocycles. The number of phenols is 1. The fourth-order valence-corrected chi connectivity index (χ4v) is 5.16. The number of aromatic hydroxyl groups is 1. The quantitative estimate of drug-likeness (QED) is 0.441. The van der Waals surface area contributed by atoms with Crippen molar-refractivity contribution < 1.29 is 14.6 Å². The summed E-state index contributed by atoms with van der Waals surface area (Å²) in [6.07, 6.45) is 1.72. The normalized spacial score (nSPS) is 15.5. The third kappa shape index (κ3) is 4.34. The van der Waals surface area contributed by atoms with Crippen LogP contribution in [0.4, 0.5) is 0 Å². The summed E-state index contributed by atoms with van der Waals surface area (Å²) < 4.78 is 7.47. The molecule has 0 saturated carbocycles. The zero-order valence-corrected chi connectivity index (χ0v) is 19.7. The SMILES string of the molecule is CCOC(=O)C1=C(c2ccccc2)N=c2s/c(=C\c3cccc(O)c3)c(=O)n2[C@@H]1c1ccccc1. The van der Waals surface area contributed by atoms with E-state index in [0.717, 1.165) is 11.1 Å². The van der Waals surface area contributed by atoms with E-state index >= 15 is 0 Å². The number of esters is 1. The number of benzene rings is 3. The van der Waals surface area contributed by atoms with Crippen molar-refractivity contribution in [1.29, 1.82) is 0 Å². The molecule has 0 saturated heterocycles. The van der Waals surface area contributed by atoms with Gasteiger partial charge in [-0.05, 0) is 36.3 Å². The van der Waals surface area contributed by atoms with Crippen molar-refractivity contribution in [2.24, 2.45) is 4.99 Å². The van der Waals surface area contributed by atoms with Gasteiger partial charge in [-0.2, -0.15) is 0 Å². The minimum Gasteiger partial charge on any atom is -0.508 e. The molecule has 0 bridgehead atoms. The first kappa shape index (κ1) is 22.6. The maximum Gasteiger partial charge on any atom is 0.338 e. The van der Waals surface area contributed by atoms with Gasteiger partial charge < -0.3 is 9.84 Å². The molecule has 0 aliphatic carbocycles. The Bertz CT molecular complexity index is 1600. The van der Waals surface area contributed by atoms with Crippen LogP contribution in [0, 0.1) is 0 Å². The Labute approximate surface area is 205 Å². The maximum absolute atomic E-state index is 13.7. The summed E-state index contributed by atoms with van der Waals surface area (Å²) in [6.45, 7) is 1.95. The van der Waals surface area contributed by atoms with Crippen LogP contribution in [0.5, 0.6) is 5.75 Å². The van der Waals surface area contributed by atoms with Gasteiger partial charge in [0, 0.05) is 5.56 Å². The number of fused-ring (bicyclic) bond motifs is 1. The lowest BCUT2D eigenvalue weighted by Crippen LogP contribution is -2.39. The van der Waals surface area contributed by atoms with E-state index < -0.39 is 12.0 Å². The van der Waals surface area contributed by atoms with Gasteiger partial charge in [0.15, 0.2) is 4.80 Å². The molecule has 1 atom stereocenters. The Morgan fingerprint density at radius 2 is 1.77 bits per heavy atom. The molecule has 3 aromatic carbocycles. The summed E-state index contributed by atoms with van der Waals surface area (Å²) in [5.41, 5.74) is 2.79. The second-order valence-corrected chi connectivity index (χ2v) is 8.95. The largest absolute Gasteiger partial charge is 0.508 e. The highest BCUT2D eigenvalue weighted by atomic mass is 32.1. The van der Waals surface area contributed by atoms with Crippen LogP contribution in [-0.4, -0.2) is 22.2 Å². The Kier molecular flexibility index (Phi) is 6.16. The molecular weight excluding hydrogens is 460 g/mol. The van der Waals surface area contributed by atoms with E-state index in [0.29, 0.717) is 26.2 Å². The topological polar surface area (TPSA) is 80.9 Å². The summed E-state index contributed by atoms with van der Waals surface area (Å²) >= 11 is 1.25. The Morgan fingerprint density at radius 1 is 1.06 bits per heavy atom. The number of carbonyl (C=O) groups excluding carboxylic acids is 1. The second-order valence-electron chi connectivity index (χ2n) is 7.94. The monoisotopic (exact) mass is 482 g/mol. The molecule has 0 amide bonds. The van der Waals surface area contributed by atoms with E-state index in [2.05, 4.69) is 0 Å². The fraction of sp³-hybridized carbons (Fsp3) is 0.107. The molecule has 1 aliphatic rings. The Morgan fingerprint density at radius 3 is 2.46 bits per heavy atom. The first-order valence-electron chi connectivity index (χ1n) is 11.2. The molecule has 7 heteroatoms. The van der Waals surface area contributed by atoms with Gasteiger partial charge in [0.25, 0.3) is 5.56 Å². The fourth-order valence-electron chi connectivity index (χ4n) is 4.16. The Balaban J connectivity index is 1.83. The van der Waals surface area contributed by atoms with Crippen molar-refractivity contribution in [1.82, 2.24) is 4.57 Å². The highest BCUT2D eigenvalue weighted by Gasteiger charge is 2.35. The zero-order chi connectivity index (χ0) is 24.4. The summed E-state index contributed by atoms with van der Waals surface area (Å²) in [7, 11) is 0. The van der Waals surface area contributed by atoms with Crippen LogP contribution < -0.4 is 14.9 Å². The molecule has 0 radical (unpaired) electrons. The summed E-state index contributed by atoms with van der Waals surface area (Å²) in [4.78, 5) is 32.3. The van der Waals surface area contributed by atoms with Crippen LogP contribution in [-0.2, 0) is 9.53 Å². The highest BCUT2D eigenvalue weighted by molar-refractivity contribution is 7.07. The number of rotatable bonds is 5. The van der Waals surface area contributed by atoms with E-state index in [1.54, 1.807) is 35.8 Å². The van der Waals surface area contributed by atoms with Crippen molar-refractivity contribution in [2.75, 3.05) is 6.61 Å². The van der Waals surface area contributed by atoms with Crippen molar-refractivity contribution in [3.8, 4) is 5.75 Å². The average Bonchev–Trinajstić information content (AvgIpc) is 3.18. The van der Waals surface area contributed by atoms with Crippen LogP contribution in [0.25, 0.3) is 11.8 Å². The molecule has 0 unspecified atom stereocenters. The minimum absolute atomic E-state index is 0.115. The molecule has 35 heavy (non-hydrogen) atoms. The van der Waals surface area contributed by atoms with Gasteiger partial charge >= 0.3 is 5.97 Å². The molecule has 0 fully saturated rings. The van der Waals surface area contributed by atoms with Gasteiger partial charge in [-0.15, -0.1) is 0 Å². The van der Waals surface area contributed by atoms with E-state index in [9.17, 15) is 14.7 Å². The van der Waals surface area contributed by atoms with Gasteiger partial charge in [-0.1, -0.05) is 84.1 Å². The number of carbonyl (C=O) groups is 1. The molecular formula is C28H22N2O4S. The zero-order valence-electron chi connectivity index (χ0n) is 18.9. The summed E-state index contributed by atoms with van der Waals surface area (Å²) in [5, 5.41) is 9.84. The van der Waals surface area contributed by atoms with Crippen molar-refractivity contribution in [3.05, 3.63) is 127 Å². The molecule has 0 spiro atoms. The molecule has 5 rings (SSSR count). The third-order valence-corrected chi connectivity index (χ3v) is 6.64. The molecule has 1 N–H and O–H groups in total. The van der Waals surface area contributed by atoms with Gasteiger partial charge in [0.2, 0.25) is 0 Å². The standard InChI is InChI=1S/C28H22N2O4S/c1-2-34-27(33)23-24(19-11-5-3-6-12-19)29-28-30(25(23)20-13-7-4-8-14-20)26(32)22(35-28)17-18-10-9-15-21(31)16-18/h3-17,25,31H,2H2,1H3/b22-17-/t25-/m1/s1. The second kappa shape index (κ2) is 9.56. The molecule has 1 aromatic heterocycles. The van der Waals surface area contributed by atoms with E-state index in [1.165, 1.54) is 11.3 Å². The molecule has 2 heterocycles. The van der Waals surface area contributed by atoms with Gasteiger partial charge in [-0.25, -0.2) is 9.79 Å². The average molecular weight is 483 g/mol. The van der Waals surface area contributed by atoms with Crippen LogP contribution in [0.1, 0.15) is 29.7 Å². The first-order chi connectivity index (χ1) is 17.1. The lowest BCUT2D eigenvalue weighted by atomic mass is 9.93. The van der Waals surface area contributed by atoms with Gasteiger partial charge in [0.1, 0.15) is 5.75 Å². The molecule has 174 valence electrons. The summed E-state index contributed by atoms with van der Waals surface area (Å²) in [5.74, 6) is -0.393. The smallest absolute Gasteiger partial charge is 0.338 e. The first-order valence-corrected chi connectivity index (χ1v) is 12.0. The third-order valence-electron chi connectivity index (χ3n) is 5.66.